The van der Waals surface area contributed by atoms with Crippen molar-refractivity contribution in [2.24, 2.45) is 0 Å². The lowest BCUT2D eigenvalue weighted by Gasteiger charge is -2.10. The Morgan fingerprint density at radius 1 is 1.25 bits per heavy atom. The standard InChI is InChI=1S/C13H8F3N3O/c14-13(15,16)20-11-3-1-2-8(5-11)12-9(6-17)4-10(18)7-19-12/h1-5,7H,18H2. The number of ether oxygens (including phenoxy) is 1. The average Bonchev–Trinajstić information content (AvgIpc) is 2.36. The first-order valence-electron chi connectivity index (χ1n) is 5.41. The van der Waals surface area contributed by atoms with Crippen LogP contribution in [0.25, 0.3) is 11.3 Å². The Hall–Kier alpha value is -2.75. The third kappa shape index (κ3) is 3.17. The lowest BCUT2D eigenvalue weighted by molar-refractivity contribution is -0.274. The molecule has 7 heteroatoms. The van der Waals surface area contributed by atoms with Gasteiger partial charge in [-0.2, -0.15) is 5.26 Å². The van der Waals surface area contributed by atoms with Gasteiger partial charge in [0.15, 0.2) is 0 Å². The summed E-state index contributed by atoms with van der Waals surface area (Å²) in [4.78, 5) is 3.97. The van der Waals surface area contributed by atoms with Crippen LogP contribution in [-0.4, -0.2) is 11.3 Å². The molecule has 20 heavy (non-hydrogen) atoms. The van der Waals surface area contributed by atoms with Crippen LogP contribution >= 0.6 is 0 Å². The Morgan fingerprint density at radius 2 is 2.00 bits per heavy atom. The summed E-state index contributed by atoms with van der Waals surface area (Å²) < 4.78 is 40.3. The van der Waals surface area contributed by atoms with Crippen LogP contribution in [0.3, 0.4) is 0 Å². The summed E-state index contributed by atoms with van der Waals surface area (Å²) in [5.74, 6) is -0.377. The zero-order valence-electron chi connectivity index (χ0n) is 9.98. The lowest BCUT2D eigenvalue weighted by atomic mass is 10.1. The van der Waals surface area contributed by atoms with Crippen LogP contribution in [0, 0.1) is 11.3 Å². The zero-order valence-corrected chi connectivity index (χ0v) is 9.98. The van der Waals surface area contributed by atoms with E-state index in [0.29, 0.717) is 11.3 Å². The molecule has 2 aromatic rings. The number of alkyl halides is 3. The molecule has 1 aromatic carbocycles. The molecule has 1 aromatic heterocycles. The predicted octanol–water partition coefficient (Wildman–Crippen LogP) is 3.10. The van der Waals surface area contributed by atoms with E-state index in [0.717, 1.165) is 6.07 Å². The number of rotatable bonds is 2. The van der Waals surface area contributed by atoms with Crippen LogP contribution in [0.1, 0.15) is 5.56 Å². The first-order valence-corrected chi connectivity index (χ1v) is 5.41. The molecule has 0 atom stereocenters. The normalized spacial score (nSPS) is 10.9. The minimum atomic E-state index is -4.77. The van der Waals surface area contributed by atoms with E-state index in [1.54, 1.807) is 0 Å². The summed E-state index contributed by atoms with van der Waals surface area (Å²) in [6, 6.07) is 8.54. The monoisotopic (exact) mass is 279 g/mol. The number of pyridine rings is 1. The third-order valence-corrected chi connectivity index (χ3v) is 2.37. The molecule has 0 aliphatic rings. The van der Waals surface area contributed by atoms with Gasteiger partial charge in [-0.15, -0.1) is 13.2 Å². The van der Waals surface area contributed by atoms with Crippen molar-refractivity contribution >= 4 is 5.69 Å². The van der Waals surface area contributed by atoms with Gasteiger partial charge in [0.05, 0.1) is 23.1 Å². The summed E-state index contributed by atoms with van der Waals surface area (Å²) in [6.07, 6.45) is -3.45. The van der Waals surface area contributed by atoms with Gasteiger partial charge in [-0.3, -0.25) is 4.98 Å². The van der Waals surface area contributed by atoms with Gasteiger partial charge >= 0.3 is 6.36 Å². The van der Waals surface area contributed by atoms with E-state index in [9.17, 15) is 13.2 Å². The van der Waals surface area contributed by atoms with Crippen LogP contribution in [0.5, 0.6) is 5.75 Å². The second-order valence-corrected chi connectivity index (χ2v) is 3.85. The smallest absolute Gasteiger partial charge is 0.406 e. The zero-order chi connectivity index (χ0) is 14.8. The molecule has 0 bridgehead atoms. The number of nitrogens with two attached hydrogens (primary N) is 1. The fourth-order valence-corrected chi connectivity index (χ4v) is 1.64. The Morgan fingerprint density at radius 3 is 2.65 bits per heavy atom. The minimum Gasteiger partial charge on any atom is -0.406 e. The number of hydrogen-bond donors (Lipinski definition) is 1. The van der Waals surface area contributed by atoms with Gasteiger partial charge in [0.1, 0.15) is 11.8 Å². The lowest BCUT2D eigenvalue weighted by Crippen LogP contribution is -2.17. The van der Waals surface area contributed by atoms with Crippen molar-refractivity contribution in [2.45, 2.75) is 6.36 Å². The fraction of sp³-hybridized carbons (Fsp3) is 0.0769. The Bertz CT molecular complexity index is 677. The highest BCUT2D eigenvalue weighted by Gasteiger charge is 2.31. The van der Waals surface area contributed by atoms with E-state index < -0.39 is 6.36 Å². The average molecular weight is 279 g/mol. The number of nitrogen functional groups attached to an aromatic ring is 1. The summed E-state index contributed by atoms with van der Waals surface area (Å²) in [6.45, 7) is 0. The van der Waals surface area contributed by atoms with E-state index in [-0.39, 0.29) is 17.0 Å². The maximum absolute atomic E-state index is 12.2. The number of nitrogens with zero attached hydrogens (tertiary/aromatic N) is 2. The van der Waals surface area contributed by atoms with Crippen molar-refractivity contribution in [2.75, 3.05) is 5.73 Å². The number of aromatic nitrogens is 1. The Kier molecular flexibility index (Phi) is 3.48. The summed E-state index contributed by atoms with van der Waals surface area (Å²) in [7, 11) is 0. The molecule has 0 unspecified atom stereocenters. The molecule has 0 spiro atoms. The van der Waals surface area contributed by atoms with Gasteiger partial charge in [0, 0.05) is 5.56 Å². The van der Waals surface area contributed by atoms with Crippen molar-refractivity contribution < 1.29 is 17.9 Å². The number of hydrogen-bond acceptors (Lipinski definition) is 4. The maximum Gasteiger partial charge on any atom is 0.573 e. The molecule has 2 N–H and O–H groups in total. The van der Waals surface area contributed by atoms with E-state index in [2.05, 4.69) is 9.72 Å². The topological polar surface area (TPSA) is 71.9 Å². The van der Waals surface area contributed by atoms with Crippen molar-refractivity contribution in [3.63, 3.8) is 0 Å². The second-order valence-electron chi connectivity index (χ2n) is 3.85. The number of halogens is 3. The highest BCUT2D eigenvalue weighted by atomic mass is 19.4. The molecule has 4 nitrogen and oxygen atoms in total. The molecule has 0 aliphatic heterocycles. The van der Waals surface area contributed by atoms with Crippen LogP contribution in [0.2, 0.25) is 0 Å². The van der Waals surface area contributed by atoms with Crippen LogP contribution in [0.15, 0.2) is 36.5 Å². The molecule has 0 saturated carbocycles. The van der Waals surface area contributed by atoms with E-state index in [1.807, 2.05) is 6.07 Å². The van der Waals surface area contributed by atoms with Gasteiger partial charge in [-0.05, 0) is 18.2 Å². The number of nitriles is 1. The van der Waals surface area contributed by atoms with Crippen molar-refractivity contribution in [3.05, 3.63) is 42.1 Å². The van der Waals surface area contributed by atoms with Crippen molar-refractivity contribution in [3.8, 4) is 23.1 Å². The minimum absolute atomic E-state index is 0.175. The van der Waals surface area contributed by atoms with Gasteiger partial charge in [0.25, 0.3) is 0 Å². The van der Waals surface area contributed by atoms with Gasteiger partial charge in [-0.25, -0.2) is 0 Å². The molecular weight excluding hydrogens is 271 g/mol. The van der Waals surface area contributed by atoms with Crippen molar-refractivity contribution in [1.82, 2.24) is 4.98 Å². The molecular formula is C13H8F3N3O. The quantitative estimate of drug-likeness (QED) is 0.916. The molecule has 0 amide bonds. The molecule has 0 saturated heterocycles. The first-order chi connectivity index (χ1) is 9.39. The summed E-state index contributed by atoms with van der Waals surface area (Å²) in [5.41, 5.74) is 6.56. The van der Waals surface area contributed by atoms with Crippen molar-refractivity contribution in [1.29, 1.82) is 5.26 Å². The SMILES string of the molecule is N#Cc1cc(N)cnc1-c1cccc(OC(F)(F)F)c1. The number of benzene rings is 1. The molecule has 0 aliphatic carbocycles. The Labute approximate surface area is 112 Å². The second kappa shape index (κ2) is 5.09. The molecule has 2 rings (SSSR count). The van der Waals surface area contributed by atoms with Crippen LogP contribution in [-0.2, 0) is 0 Å². The first kappa shape index (κ1) is 13.7. The maximum atomic E-state index is 12.2. The van der Waals surface area contributed by atoms with E-state index in [1.165, 1.54) is 30.5 Å². The third-order valence-electron chi connectivity index (χ3n) is 2.37. The van der Waals surface area contributed by atoms with Crippen LogP contribution < -0.4 is 10.5 Å². The highest BCUT2D eigenvalue weighted by Crippen LogP contribution is 2.29. The highest BCUT2D eigenvalue weighted by molar-refractivity contribution is 5.69. The summed E-state index contributed by atoms with van der Waals surface area (Å²) >= 11 is 0. The molecule has 0 radical (unpaired) electrons. The fourth-order valence-electron chi connectivity index (χ4n) is 1.64. The van der Waals surface area contributed by atoms with Crippen LogP contribution in [0.4, 0.5) is 18.9 Å². The molecule has 0 fully saturated rings. The predicted molar refractivity (Wildman–Crippen MR) is 65.5 cm³/mol. The largest absolute Gasteiger partial charge is 0.573 e. The Balaban J connectivity index is 2.44. The number of anilines is 1. The van der Waals surface area contributed by atoms with E-state index in [4.69, 9.17) is 11.0 Å². The summed E-state index contributed by atoms with van der Waals surface area (Å²) in [5, 5.41) is 9.00. The van der Waals surface area contributed by atoms with E-state index >= 15 is 0 Å². The van der Waals surface area contributed by atoms with Gasteiger partial charge in [0.2, 0.25) is 0 Å². The van der Waals surface area contributed by atoms with Gasteiger partial charge in [-0.1, -0.05) is 12.1 Å². The van der Waals surface area contributed by atoms with Gasteiger partial charge < -0.3 is 10.5 Å². The molecule has 1 heterocycles. The molecule has 102 valence electrons.